The molecule has 9 nitrogen and oxygen atoms in total. The number of imidazole rings is 1. The Hall–Kier alpha value is -3.69. The highest BCUT2D eigenvalue weighted by Gasteiger charge is 2.39. The quantitative estimate of drug-likeness (QED) is 0.230. The minimum atomic E-state index is -2.94. The molecule has 2 amide bonds. The lowest BCUT2D eigenvalue weighted by Crippen LogP contribution is -2.39. The fourth-order valence-electron chi connectivity index (χ4n) is 4.95. The van der Waals surface area contributed by atoms with Gasteiger partial charge in [-0.1, -0.05) is 6.07 Å². The molecule has 0 radical (unpaired) electrons. The number of amides is 2. The zero-order valence-electron chi connectivity index (χ0n) is 23.0. The van der Waals surface area contributed by atoms with Gasteiger partial charge in [0.2, 0.25) is 12.1 Å². The fourth-order valence-corrected chi connectivity index (χ4v) is 4.95. The van der Waals surface area contributed by atoms with Crippen LogP contribution >= 0.6 is 0 Å². The van der Waals surface area contributed by atoms with E-state index < -0.39 is 61.4 Å². The maximum Gasteiger partial charge on any atom is 0.345 e. The number of nitrogens with zero attached hydrogens (tertiary/aromatic N) is 3. The maximum atomic E-state index is 13.9. The van der Waals surface area contributed by atoms with Crippen molar-refractivity contribution in [3.05, 3.63) is 47.5 Å². The predicted molar refractivity (Wildman–Crippen MR) is 140 cm³/mol. The van der Waals surface area contributed by atoms with Crippen molar-refractivity contribution in [2.45, 2.75) is 76.1 Å². The molecule has 1 aliphatic carbocycles. The van der Waals surface area contributed by atoms with Gasteiger partial charge in [-0.25, -0.2) is 26.9 Å². The molecule has 1 aliphatic rings. The first kappa shape index (κ1) is 32.2. The molecular formula is C27H31F7N6O3. The smallest absolute Gasteiger partial charge is 0.345 e. The predicted octanol–water partition coefficient (Wildman–Crippen LogP) is 5.12. The minimum absolute atomic E-state index is 0.0280. The summed E-state index contributed by atoms with van der Waals surface area (Å²) in [6.45, 7) is -3.41. The SMILES string of the molecule is C[C@@H](NC(=O)C(F)C(F)CF)c1ccc2nc([C@@H](NC(=O)c3cnn(CCOC(F)F)c3)C3CCC(F)(F)CC3)[nH]c2c1. The molecule has 0 saturated heterocycles. The van der Waals surface area contributed by atoms with Crippen LogP contribution < -0.4 is 10.6 Å². The van der Waals surface area contributed by atoms with Crippen molar-refractivity contribution in [3.8, 4) is 0 Å². The summed E-state index contributed by atoms with van der Waals surface area (Å²) in [5.41, 5.74) is 1.51. The first-order valence-electron chi connectivity index (χ1n) is 13.6. The molecule has 43 heavy (non-hydrogen) atoms. The Morgan fingerprint density at radius 2 is 1.88 bits per heavy atom. The third-order valence-electron chi connectivity index (χ3n) is 7.37. The molecule has 2 heterocycles. The molecule has 236 valence electrons. The highest BCUT2D eigenvalue weighted by atomic mass is 19.3. The van der Waals surface area contributed by atoms with E-state index >= 15 is 0 Å². The number of H-pyrrole nitrogens is 1. The van der Waals surface area contributed by atoms with Gasteiger partial charge in [0.1, 0.15) is 12.5 Å². The van der Waals surface area contributed by atoms with Gasteiger partial charge in [0.05, 0.1) is 48.0 Å². The fraction of sp³-hybridized carbons (Fsp3) is 0.556. The summed E-state index contributed by atoms with van der Waals surface area (Å²) in [4.78, 5) is 32.8. The molecule has 16 heteroatoms. The van der Waals surface area contributed by atoms with Crippen LogP contribution in [0.25, 0.3) is 11.0 Å². The second kappa shape index (κ2) is 13.7. The van der Waals surface area contributed by atoms with E-state index in [1.165, 1.54) is 24.0 Å². The third kappa shape index (κ3) is 8.24. The van der Waals surface area contributed by atoms with Crippen LogP contribution in [0.1, 0.15) is 66.4 Å². The number of halogens is 7. The number of alkyl halides is 7. The standard InChI is InChI=1S/C27H31F7N6O3/c1-14(36-25(42)21(30)18(29)11-28)16-2-3-19-20(10-16)38-23(37-19)22(15-4-6-27(33,34)7-5-15)39-24(41)17-12-35-40(13-17)8-9-43-26(31)32/h2-3,10,12-15,18,21-22,26H,4-9,11H2,1H3,(H,36,42)(H,37,38)(H,39,41)/t14-,18?,21?,22+/m1/s1. The summed E-state index contributed by atoms with van der Waals surface area (Å²) in [5.74, 6) is -4.81. The number of carbonyl (C=O) groups is 2. The molecule has 0 bridgehead atoms. The number of benzene rings is 1. The van der Waals surface area contributed by atoms with Crippen molar-refractivity contribution in [2.24, 2.45) is 5.92 Å². The number of rotatable bonds is 13. The highest BCUT2D eigenvalue weighted by molar-refractivity contribution is 5.94. The van der Waals surface area contributed by atoms with Gasteiger partial charge in [0.25, 0.3) is 11.8 Å². The monoisotopic (exact) mass is 620 g/mol. The van der Waals surface area contributed by atoms with Crippen molar-refractivity contribution in [2.75, 3.05) is 13.3 Å². The van der Waals surface area contributed by atoms with E-state index in [1.54, 1.807) is 18.2 Å². The molecule has 3 aromatic rings. The zero-order valence-corrected chi connectivity index (χ0v) is 23.0. The average Bonchev–Trinajstić information content (AvgIpc) is 3.62. The summed E-state index contributed by atoms with van der Waals surface area (Å²) in [7, 11) is 0. The largest absolute Gasteiger partial charge is 0.347 e. The van der Waals surface area contributed by atoms with Crippen LogP contribution in [0.2, 0.25) is 0 Å². The Kier molecular flexibility index (Phi) is 10.3. The van der Waals surface area contributed by atoms with E-state index in [1.807, 2.05) is 0 Å². The Morgan fingerprint density at radius 1 is 1.16 bits per heavy atom. The van der Waals surface area contributed by atoms with Crippen LogP contribution in [0.15, 0.2) is 30.6 Å². The first-order valence-corrected chi connectivity index (χ1v) is 13.6. The molecule has 2 aromatic heterocycles. The maximum absolute atomic E-state index is 13.9. The van der Waals surface area contributed by atoms with Crippen LogP contribution in [-0.2, 0) is 16.1 Å². The molecule has 4 atom stereocenters. The van der Waals surface area contributed by atoms with Gasteiger partial charge in [-0.3, -0.25) is 14.3 Å². The van der Waals surface area contributed by atoms with E-state index in [-0.39, 0.29) is 50.2 Å². The molecule has 1 fully saturated rings. The average molecular weight is 621 g/mol. The summed E-state index contributed by atoms with van der Waals surface area (Å²) in [6.07, 6.45) is -3.19. The van der Waals surface area contributed by atoms with Gasteiger partial charge in [-0.05, 0) is 43.4 Å². The number of hydrogen-bond donors (Lipinski definition) is 3. The van der Waals surface area contributed by atoms with Gasteiger partial charge < -0.3 is 20.4 Å². The van der Waals surface area contributed by atoms with Crippen LogP contribution in [0.5, 0.6) is 0 Å². The molecule has 2 unspecified atom stereocenters. The number of hydrogen-bond acceptors (Lipinski definition) is 5. The molecule has 1 aromatic carbocycles. The topological polar surface area (TPSA) is 114 Å². The number of aromatic nitrogens is 4. The van der Waals surface area contributed by atoms with E-state index in [2.05, 4.69) is 30.4 Å². The summed E-state index contributed by atoms with van der Waals surface area (Å²) in [5, 5.41) is 9.10. The normalized spacial score (nSPS) is 18.3. The first-order chi connectivity index (χ1) is 20.4. The Morgan fingerprint density at radius 3 is 2.56 bits per heavy atom. The van der Waals surface area contributed by atoms with Crippen LogP contribution in [0.4, 0.5) is 30.7 Å². The van der Waals surface area contributed by atoms with Crippen LogP contribution in [0, 0.1) is 5.92 Å². The third-order valence-corrected chi connectivity index (χ3v) is 7.37. The molecule has 0 aliphatic heterocycles. The molecule has 0 spiro atoms. The summed E-state index contributed by atoms with van der Waals surface area (Å²) in [6, 6.07) is 3.20. The van der Waals surface area contributed by atoms with E-state index in [0.717, 1.165) is 0 Å². The zero-order chi connectivity index (χ0) is 31.3. The van der Waals surface area contributed by atoms with Gasteiger partial charge in [0.15, 0.2) is 6.17 Å². The van der Waals surface area contributed by atoms with E-state index in [0.29, 0.717) is 16.6 Å². The van der Waals surface area contributed by atoms with Crippen molar-refractivity contribution < 1.29 is 45.1 Å². The lowest BCUT2D eigenvalue weighted by Gasteiger charge is -2.33. The second-order valence-electron chi connectivity index (χ2n) is 10.5. The minimum Gasteiger partial charge on any atom is -0.347 e. The lowest BCUT2D eigenvalue weighted by atomic mass is 9.81. The van der Waals surface area contributed by atoms with Crippen molar-refractivity contribution in [1.29, 1.82) is 0 Å². The van der Waals surface area contributed by atoms with Gasteiger partial charge in [-0.2, -0.15) is 13.9 Å². The van der Waals surface area contributed by atoms with E-state index in [9.17, 15) is 40.3 Å². The van der Waals surface area contributed by atoms with Gasteiger partial charge in [-0.15, -0.1) is 0 Å². The number of fused-ring (bicyclic) bond motifs is 1. The van der Waals surface area contributed by atoms with Crippen molar-refractivity contribution in [3.63, 3.8) is 0 Å². The number of nitrogens with one attached hydrogen (secondary N) is 3. The summed E-state index contributed by atoms with van der Waals surface area (Å²) >= 11 is 0. The molecule has 3 N–H and O–H groups in total. The number of ether oxygens (including phenoxy) is 1. The van der Waals surface area contributed by atoms with Crippen LogP contribution in [-0.4, -0.2) is 69.7 Å². The Bertz CT molecular complexity index is 1390. The second-order valence-corrected chi connectivity index (χ2v) is 10.5. The van der Waals surface area contributed by atoms with Gasteiger partial charge in [0, 0.05) is 19.0 Å². The summed E-state index contributed by atoms with van der Waals surface area (Å²) < 4.78 is 97.3. The van der Waals surface area contributed by atoms with E-state index in [4.69, 9.17) is 0 Å². The molecule has 4 rings (SSSR count). The Labute approximate surface area is 241 Å². The highest BCUT2D eigenvalue weighted by Crippen LogP contribution is 2.41. The van der Waals surface area contributed by atoms with Crippen molar-refractivity contribution >= 4 is 22.8 Å². The van der Waals surface area contributed by atoms with Gasteiger partial charge >= 0.3 is 6.61 Å². The van der Waals surface area contributed by atoms with Crippen molar-refractivity contribution in [1.82, 2.24) is 30.4 Å². The lowest BCUT2D eigenvalue weighted by molar-refractivity contribution is -0.131. The molecule has 1 saturated carbocycles. The number of carbonyl (C=O) groups excluding carboxylic acids is 2. The molecular weight excluding hydrogens is 589 g/mol. The number of aromatic amines is 1. The Balaban J connectivity index is 1.53. The van der Waals surface area contributed by atoms with Crippen LogP contribution in [0.3, 0.4) is 0 Å².